The summed E-state index contributed by atoms with van der Waals surface area (Å²) in [7, 11) is -3.83. The van der Waals surface area contributed by atoms with Crippen LogP contribution in [0.2, 0.25) is 0 Å². The summed E-state index contributed by atoms with van der Waals surface area (Å²) in [5.41, 5.74) is 0.632. The molecule has 0 spiro atoms. The molecule has 0 unspecified atom stereocenters. The number of rotatable bonds is 5. The Kier molecular flexibility index (Phi) is 5.79. The molecule has 0 bridgehead atoms. The van der Waals surface area contributed by atoms with Crippen molar-refractivity contribution in [1.29, 1.82) is 0 Å². The molecule has 1 fully saturated rings. The lowest BCUT2D eigenvalue weighted by Crippen LogP contribution is -2.11. The Hall–Kier alpha value is -1.20. The van der Waals surface area contributed by atoms with Crippen molar-refractivity contribution in [3.8, 4) is 0 Å². The first kappa shape index (κ1) is 20.1. The normalized spacial score (nSPS) is 17.3. The summed E-state index contributed by atoms with van der Waals surface area (Å²) in [6.07, 6.45) is 2.95. The van der Waals surface area contributed by atoms with Gasteiger partial charge in [0.05, 0.1) is 9.80 Å². The van der Waals surface area contributed by atoms with E-state index in [2.05, 4.69) is 22.5 Å². The van der Waals surface area contributed by atoms with Crippen molar-refractivity contribution in [2.24, 2.45) is 11.3 Å². The molecule has 0 atom stereocenters. The zero-order valence-electron chi connectivity index (χ0n) is 15.1. The second-order valence-corrected chi connectivity index (χ2v) is 10.3. The highest BCUT2D eigenvalue weighted by Crippen LogP contribution is 2.43. The first-order valence-corrected chi connectivity index (χ1v) is 10.5. The topological polar surface area (TPSA) is 34.1 Å². The molecule has 1 aliphatic carbocycles. The summed E-state index contributed by atoms with van der Waals surface area (Å²) in [6, 6.07) is 6.37. The number of hydrogen-bond acceptors (Lipinski definition) is 2. The SMILES string of the molecule is C=C(/C(=C\C(F)=C(/C)C(C)(C)C)S(=O)(=O)c1ccc(Br)cc1)C1CC1. The van der Waals surface area contributed by atoms with Gasteiger partial charge in [0, 0.05) is 4.47 Å². The first-order valence-electron chi connectivity index (χ1n) is 8.23. The molecule has 0 amide bonds. The van der Waals surface area contributed by atoms with E-state index in [0.717, 1.165) is 23.4 Å². The maximum Gasteiger partial charge on any atom is 0.206 e. The Labute approximate surface area is 158 Å². The van der Waals surface area contributed by atoms with Gasteiger partial charge in [0.25, 0.3) is 0 Å². The quantitative estimate of drug-likeness (QED) is 0.512. The van der Waals surface area contributed by atoms with Crippen LogP contribution in [-0.4, -0.2) is 8.42 Å². The van der Waals surface area contributed by atoms with Crippen molar-refractivity contribution < 1.29 is 12.8 Å². The Balaban J connectivity index is 2.59. The first-order chi connectivity index (χ1) is 11.4. The van der Waals surface area contributed by atoms with Crippen molar-refractivity contribution >= 4 is 25.8 Å². The number of halogens is 2. The van der Waals surface area contributed by atoms with Gasteiger partial charge in [-0.05, 0) is 72.6 Å². The fraction of sp³-hybridized carbons (Fsp3) is 0.400. The highest BCUT2D eigenvalue weighted by molar-refractivity contribution is 9.10. The molecule has 2 rings (SSSR count). The van der Waals surface area contributed by atoms with E-state index in [4.69, 9.17) is 0 Å². The molecule has 1 saturated carbocycles. The number of allylic oxidation sites excluding steroid dienone is 4. The van der Waals surface area contributed by atoms with Gasteiger partial charge in [0.2, 0.25) is 9.84 Å². The van der Waals surface area contributed by atoms with E-state index in [1.54, 1.807) is 19.1 Å². The molecule has 136 valence electrons. The summed E-state index contributed by atoms with van der Waals surface area (Å²) in [5.74, 6) is -0.385. The van der Waals surface area contributed by atoms with Crippen LogP contribution in [0, 0.1) is 11.3 Å². The van der Waals surface area contributed by atoms with Crippen LogP contribution in [0.3, 0.4) is 0 Å². The lowest BCUT2D eigenvalue weighted by Gasteiger charge is -2.20. The van der Waals surface area contributed by atoms with Crippen molar-refractivity contribution in [3.05, 3.63) is 63.3 Å². The third-order valence-corrected chi connectivity index (χ3v) is 6.92. The molecule has 0 N–H and O–H groups in total. The molecule has 0 radical (unpaired) electrons. The average molecular weight is 427 g/mol. The monoisotopic (exact) mass is 426 g/mol. The number of hydrogen-bond donors (Lipinski definition) is 0. The van der Waals surface area contributed by atoms with Crippen LogP contribution in [0.4, 0.5) is 4.39 Å². The minimum absolute atomic E-state index is 0.0153. The maximum absolute atomic E-state index is 14.8. The lowest BCUT2D eigenvalue weighted by atomic mass is 9.87. The zero-order valence-corrected chi connectivity index (χ0v) is 17.5. The third-order valence-electron chi connectivity index (χ3n) is 4.54. The van der Waals surface area contributed by atoms with E-state index in [1.807, 2.05) is 20.8 Å². The fourth-order valence-corrected chi connectivity index (χ4v) is 4.08. The summed E-state index contributed by atoms with van der Waals surface area (Å²) in [6.45, 7) is 11.3. The largest absolute Gasteiger partial charge is 0.219 e. The Morgan fingerprint density at radius 3 is 2.20 bits per heavy atom. The van der Waals surface area contributed by atoms with Gasteiger partial charge in [-0.15, -0.1) is 0 Å². The summed E-state index contributed by atoms with van der Waals surface area (Å²) in [4.78, 5) is 0.128. The van der Waals surface area contributed by atoms with E-state index >= 15 is 0 Å². The summed E-state index contributed by atoms with van der Waals surface area (Å²) in [5, 5.41) is 0. The molecular formula is C20H24BrFO2S. The van der Waals surface area contributed by atoms with E-state index in [-0.39, 0.29) is 21.1 Å². The molecular weight excluding hydrogens is 403 g/mol. The third kappa shape index (κ3) is 4.70. The van der Waals surface area contributed by atoms with Gasteiger partial charge < -0.3 is 0 Å². The molecule has 0 heterocycles. The second-order valence-electron chi connectivity index (χ2n) is 7.49. The van der Waals surface area contributed by atoms with Gasteiger partial charge in [-0.2, -0.15) is 0 Å². The predicted octanol–water partition coefficient (Wildman–Crippen LogP) is 6.36. The van der Waals surface area contributed by atoms with Crippen molar-refractivity contribution in [1.82, 2.24) is 0 Å². The van der Waals surface area contributed by atoms with E-state index in [9.17, 15) is 12.8 Å². The second kappa shape index (κ2) is 7.20. The predicted molar refractivity (Wildman–Crippen MR) is 105 cm³/mol. The molecule has 2 nitrogen and oxygen atoms in total. The molecule has 0 aliphatic heterocycles. The van der Waals surface area contributed by atoms with Gasteiger partial charge in [-0.1, -0.05) is 43.3 Å². The van der Waals surface area contributed by atoms with E-state index < -0.39 is 15.7 Å². The van der Waals surface area contributed by atoms with Crippen LogP contribution in [0.5, 0.6) is 0 Å². The molecule has 1 aromatic carbocycles. The molecule has 0 aromatic heterocycles. The number of benzene rings is 1. The zero-order chi connectivity index (χ0) is 19.0. The molecule has 1 aliphatic rings. The molecule has 1 aromatic rings. The van der Waals surface area contributed by atoms with E-state index in [1.165, 1.54) is 12.1 Å². The van der Waals surface area contributed by atoms with Crippen LogP contribution in [0.25, 0.3) is 0 Å². The van der Waals surface area contributed by atoms with Gasteiger partial charge in [-0.3, -0.25) is 0 Å². The Morgan fingerprint density at radius 2 is 1.76 bits per heavy atom. The van der Waals surface area contributed by atoms with Crippen LogP contribution in [-0.2, 0) is 9.84 Å². The van der Waals surface area contributed by atoms with Crippen LogP contribution < -0.4 is 0 Å². The van der Waals surface area contributed by atoms with Crippen molar-refractivity contribution in [2.45, 2.75) is 45.4 Å². The van der Waals surface area contributed by atoms with Crippen molar-refractivity contribution in [2.75, 3.05) is 0 Å². The van der Waals surface area contributed by atoms with Gasteiger partial charge >= 0.3 is 0 Å². The molecule has 5 heteroatoms. The van der Waals surface area contributed by atoms with Crippen LogP contribution in [0.15, 0.2) is 68.2 Å². The Morgan fingerprint density at radius 1 is 1.24 bits per heavy atom. The van der Waals surface area contributed by atoms with Gasteiger partial charge in [-0.25, -0.2) is 12.8 Å². The maximum atomic E-state index is 14.8. The minimum atomic E-state index is -3.83. The van der Waals surface area contributed by atoms with Gasteiger partial charge in [0.15, 0.2) is 0 Å². The highest BCUT2D eigenvalue weighted by atomic mass is 79.9. The Bertz CT molecular complexity index is 837. The summed E-state index contributed by atoms with van der Waals surface area (Å²) < 4.78 is 41.8. The fourth-order valence-electron chi connectivity index (χ4n) is 2.30. The lowest BCUT2D eigenvalue weighted by molar-refractivity contribution is 0.477. The van der Waals surface area contributed by atoms with E-state index in [0.29, 0.717) is 11.1 Å². The molecule has 25 heavy (non-hydrogen) atoms. The standard InChI is InChI=1S/C20H24BrFO2S/c1-13(15-6-7-15)19(12-18(22)14(2)20(3,4)5)25(23,24)17-10-8-16(21)9-11-17/h8-12,15H,1,6-7H2,2-5H3/b18-14-,19-12+. The van der Waals surface area contributed by atoms with Crippen LogP contribution >= 0.6 is 15.9 Å². The number of sulfone groups is 1. The van der Waals surface area contributed by atoms with Gasteiger partial charge in [0.1, 0.15) is 5.83 Å². The average Bonchev–Trinajstić information content (AvgIpc) is 3.35. The van der Waals surface area contributed by atoms with Crippen molar-refractivity contribution in [3.63, 3.8) is 0 Å². The molecule has 0 saturated heterocycles. The smallest absolute Gasteiger partial charge is 0.206 e. The highest BCUT2D eigenvalue weighted by Gasteiger charge is 2.33. The summed E-state index contributed by atoms with van der Waals surface area (Å²) >= 11 is 3.30. The minimum Gasteiger partial charge on any atom is -0.219 e. The van der Waals surface area contributed by atoms with Crippen LogP contribution in [0.1, 0.15) is 40.5 Å².